The molecular formula is C14H14N4O3S. The number of carbonyl (C=O) groups excluding carboxylic acids is 1. The highest BCUT2D eigenvalue weighted by Crippen LogP contribution is 2.34. The average Bonchev–Trinajstić information content (AvgIpc) is 2.47. The zero-order valence-electron chi connectivity index (χ0n) is 11.5. The number of hydrogen-bond donors (Lipinski definition) is 2. The lowest BCUT2D eigenvalue weighted by Gasteiger charge is -2.14. The van der Waals surface area contributed by atoms with Gasteiger partial charge >= 0.3 is 0 Å². The molecule has 22 heavy (non-hydrogen) atoms. The maximum atomic E-state index is 11.1. The van der Waals surface area contributed by atoms with Crippen LogP contribution >= 0.6 is 11.8 Å². The SMILES string of the molecule is NC(=O)CC(N)c1cc([N+](=O)[O-])ccc1Sc1ccccn1. The molecule has 0 aliphatic heterocycles. The lowest BCUT2D eigenvalue weighted by atomic mass is 10.0. The molecule has 2 aromatic rings. The van der Waals surface area contributed by atoms with E-state index in [2.05, 4.69) is 4.98 Å². The van der Waals surface area contributed by atoms with E-state index < -0.39 is 16.9 Å². The second-order valence-corrected chi connectivity index (χ2v) is 5.59. The molecule has 114 valence electrons. The molecule has 0 spiro atoms. The van der Waals surface area contributed by atoms with E-state index in [1.54, 1.807) is 18.3 Å². The van der Waals surface area contributed by atoms with Crippen molar-refractivity contribution in [3.05, 3.63) is 58.3 Å². The number of nitro groups is 1. The predicted octanol–water partition coefficient (Wildman–Crippen LogP) is 2.02. The molecule has 8 heteroatoms. The third-order valence-electron chi connectivity index (χ3n) is 2.88. The van der Waals surface area contributed by atoms with Gasteiger partial charge in [0.15, 0.2) is 0 Å². The third kappa shape index (κ3) is 4.03. The smallest absolute Gasteiger partial charge is 0.269 e. The second-order valence-electron chi connectivity index (χ2n) is 4.53. The number of pyridine rings is 1. The van der Waals surface area contributed by atoms with Crippen molar-refractivity contribution in [1.82, 2.24) is 4.98 Å². The maximum absolute atomic E-state index is 11.1. The summed E-state index contributed by atoms with van der Waals surface area (Å²) in [5.41, 5.74) is 11.5. The third-order valence-corrected chi connectivity index (χ3v) is 3.92. The van der Waals surface area contributed by atoms with E-state index in [4.69, 9.17) is 11.5 Å². The van der Waals surface area contributed by atoms with Crippen LogP contribution in [0.15, 0.2) is 52.5 Å². The fourth-order valence-electron chi connectivity index (χ4n) is 1.88. The molecule has 0 fully saturated rings. The molecular weight excluding hydrogens is 304 g/mol. The molecule has 7 nitrogen and oxygen atoms in total. The number of benzene rings is 1. The Morgan fingerprint density at radius 3 is 2.73 bits per heavy atom. The summed E-state index contributed by atoms with van der Waals surface area (Å²) in [6, 6.07) is 9.11. The van der Waals surface area contributed by atoms with Gasteiger partial charge in [0.05, 0.1) is 4.92 Å². The molecule has 1 atom stereocenters. The van der Waals surface area contributed by atoms with Crippen molar-refractivity contribution in [1.29, 1.82) is 0 Å². The molecule has 0 saturated heterocycles. The van der Waals surface area contributed by atoms with Crippen molar-refractivity contribution < 1.29 is 9.72 Å². The van der Waals surface area contributed by atoms with Gasteiger partial charge in [-0.1, -0.05) is 17.8 Å². The largest absolute Gasteiger partial charge is 0.370 e. The lowest BCUT2D eigenvalue weighted by molar-refractivity contribution is -0.385. The van der Waals surface area contributed by atoms with Gasteiger partial charge in [-0.15, -0.1) is 0 Å². The maximum Gasteiger partial charge on any atom is 0.269 e. The Labute approximate surface area is 130 Å². The van der Waals surface area contributed by atoms with Gasteiger partial charge in [0.25, 0.3) is 5.69 Å². The Morgan fingerprint density at radius 1 is 1.36 bits per heavy atom. The van der Waals surface area contributed by atoms with Crippen LogP contribution in [0.3, 0.4) is 0 Å². The van der Waals surface area contributed by atoms with E-state index in [0.717, 1.165) is 5.03 Å². The summed E-state index contributed by atoms with van der Waals surface area (Å²) in [6.45, 7) is 0. The Bertz CT molecular complexity index is 694. The Balaban J connectivity index is 2.39. The van der Waals surface area contributed by atoms with Crippen molar-refractivity contribution in [2.75, 3.05) is 0 Å². The normalized spacial score (nSPS) is 11.9. The van der Waals surface area contributed by atoms with Gasteiger partial charge in [0.1, 0.15) is 5.03 Å². The number of amides is 1. The summed E-state index contributed by atoms with van der Waals surface area (Å²) in [6.07, 6.45) is 1.56. The minimum Gasteiger partial charge on any atom is -0.370 e. The molecule has 1 unspecified atom stereocenters. The Hall–Kier alpha value is -2.45. The van der Waals surface area contributed by atoms with Crippen LogP contribution in [0.2, 0.25) is 0 Å². The zero-order valence-corrected chi connectivity index (χ0v) is 12.3. The number of nitrogens with zero attached hydrogens (tertiary/aromatic N) is 2. The number of carbonyl (C=O) groups is 1. The minimum absolute atomic E-state index is 0.0831. The molecule has 0 aliphatic carbocycles. The number of hydrogen-bond acceptors (Lipinski definition) is 6. The highest BCUT2D eigenvalue weighted by Gasteiger charge is 2.18. The van der Waals surface area contributed by atoms with Crippen LogP contribution in [0.5, 0.6) is 0 Å². The van der Waals surface area contributed by atoms with E-state index in [9.17, 15) is 14.9 Å². The molecule has 0 saturated carbocycles. The first-order valence-corrected chi connectivity index (χ1v) is 7.20. The molecule has 1 aromatic carbocycles. The average molecular weight is 318 g/mol. The zero-order chi connectivity index (χ0) is 16.1. The van der Waals surface area contributed by atoms with Gasteiger partial charge in [-0.3, -0.25) is 14.9 Å². The summed E-state index contributed by atoms with van der Waals surface area (Å²) in [5.74, 6) is -0.562. The van der Waals surface area contributed by atoms with Crippen LogP contribution < -0.4 is 11.5 Å². The number of non-ortho nitro benzene ring substituents is 1. The molecule has 4 N–H and O–H groups in total. The van der Waals surface area contributed by atoms with Gasteiger partial charge in [-0.05, 0) is 23.8 Å². The first-order chi connectivity index (χ1) is 10.5. The van der Waals surface area contributed by atoms with Crippen LogP contribution in [-0.2, 0) is 4.79 Å². The summed E-state index contributed by atoms with van der Waals surface area (Å²) in [5, 5.41) is 11.6. The number of nitro benzene ring substituents is 1. The molecule has 2 rings (SSSR count). The molecule has 0 aliphatic rings. The van der Waals surface area contributed by atoms with E-state index in [1.807, 2.05) is 12.1 Å². The monoisotopic (exact) mass is 318 g/mol. The fraction of sp³-hybridized carbons (Fsp3) is 0.143. The summed E-state index contributed by atoms with van der Waals surface area (Å²) >= 11 is 1.32. The Morgan fingerprint density at radius 2 is 2.14 bits per heavy atom. The Kier molecular flexibility index (Phi) is 5.08. The number of rotatable bonds is 6. The van der Waals surface area contributed by atoms with E-state index >= 15 is 0 Å². The van der Waals surface area contributed by atoms with Crippen LogP contribution in [-0.4, -0.2) is 15.8 Å². The van der Waals surface area contributed by atoms with Crippen LogP contribution in [0.1, 0.15) is 18.0 Å². The fourth-order valence-corrected chi connectivity index (χ4v) is 2.83. The lowest BCUT2D eigenvalue weighted by Crippen LogP contribution is -2.21. The standard InChI is InChI=1S/C14H14N4O3S/c15-11(8-13(16)19)10-7-9(18(20)21)4-5-12(10)22-14-3-1-2-6-17-14/h1-7,11H,8,15H2,(H2,16,19). The number of nitrogens with two attached hydrogens (primary N) is 2. The van der Waals surface area contributed by atoms with Crippen molar-refractivity contribution in [3.8, 4) is 0 Å². The first-order valence-electron chi connectivity index (χ1n) is 6.38. The van der Waals surface area contributed by atoms with E-state index in [0.29, 0.717) is 10.5 Å². The second kappa shape index (κ2) is 7.01. The first kappa shape index (κ1) is 15.9. The van der Waals surface area contributed by atoms with Crippen molar-refractivity contribution in [3.63, 3.8) is 0 Å². The van der Waals surface area contributed by atoms with Gasteiger partial charge in [0.2, 0.25) is 5.91 Å². The number of primary amides is 1. The molecule has 0 radical (unpaired) electrons. The summed E-state index contributed by atoms with van der Waals surface area (Å²) in [4.78, 5) is 26.4. The van der Waals surface area contributed by atoms with Crippen LogP contribution in [0, 0.1) is 10.1 Å². The van der Waals surface area contributed by atoms with Gasteiger partial charge < -0.3 is 11.5 Å². The molecule has 1 aromatic heterocycles. The van der Waals surface area contributed by atoms with Gasteiger partial charge in [-0.25, -0.2) is 4.98 Å². The summed E-state index contributed by atoms with van der Waals surface area (Å²) in [7, 11) is 0. The van der Waals surface area contributed by atoms with Gasteiger partial charge in [0, 0.05) is 35.7 Å². The highest BCUT2D eigenvalue weighted by molar-refractivity contribution is 7.99. The van der Waals surface area contributed by atoms with Crippen molar-refractivity contribution >= 4 is 23.4 Å². The topological polar surface area (TPSA) is 125 Å². The van der Waals surface area contributed by atoms with Crippen molar-refractivity contribution in [2.24, 2.45) is 11.5 Å². The van der Waals surface area contributed by atoms with E-state index in [1.165, 1.54) is 23.9 Å². The van der Waals surface area contributed by atoms with Gasteiger partial charge in [-0.2, -0.15) is 0 Å². The molecule has 1 amide bonds. The number of aromatic nitrogens is 1. The minimum atomic E-state index is -0.705. The van der Waals surface area contributed by atoms with Crippen LogP contribution in [0.25, 0.3) is 0 Å². The quantitative estimate of drug-likeness (QED) is 0.620. The molecule has 0 bridgehead atoms. The highest BCUT2D eigenvalue weighted by atomic mass is 32.2. The van der Waals surface area contributed by atoms with Crippen LogP contribution in [0.4, 0.5) is 5.69 Å². The van der Waals surface area contributed by atoms with Crippen molar-refractivity contribution in [2.45, 2.75) is 22.4 Å². The predicted molar refractivity (Wildman–Crippen MR) is 82.2 cm³/mol. The summed E-state index contributed by atoms with van der Waals surface area (Å²) < 4.78 is 0. The molecule has 1 heterocycles. The van der Waals surface area contributed by atoms with E-state index in [-0.39, 0.29) is 12.1 Å².